The monoisotopic (exact) mass is 214 g/mol. The summed E-state index contributed by atoms with van der Waals surface area (Å²) < 4.78 is 0. The molecule has 0 saturated carbocycles. The van der Waals surface area contributed by atoms with E-state index in [2.05, 4.69) is 12.2 Å². The topological polar surface area (TPSA) is 69.6 Å². The molecule has 1 aliphatic heterocycles. The SMILES string of the molecule is CCC1CCN(C(=O)NC(C)C(=O)O)C1. The largest absolute Gasteiger partial charge is 0.480 e. The van der Waals surface area contributed by atoms with Crippen molar-refractivity contribution in [3.8, 4) is 0 Å². The van der Waals surface area contributed by atoms with Crippen molar-refractivity contribution in [1.29, 1.82) is 0 Å². The normalized spacial score (nSPS) is 22.5. The Balaban J connectivity index is 2.38. The van der Waals surface area contributed by atoms with Crippen molar-refractivity contribution in [3.63, 3.8) is 0 Å². The number of likely N-dealkylation sites (tertiary alicyclic amines) is 1. The van der Waals surface area contributed by atoms with Gasteiger partial charge in [0.15, 0.2) is 0 Å². The molecule has 1 aliphatic rings. The van der Waals surface area contributed by atoms with Crippen LogP contribution in [0.5, 0.6) is 0 Å². The van der Waals surface area contributed by atoms with Crippen LogP contribution in [0.25, 0.3) is 0 Å². The number of nitrogens with one attached hydrogen (secondary N) is 1. The van der Waals surface area contributed by atoms with Gasteiger partial charge in [-0.1, -0.05) is 13.3 Å². The van der Waals surface area contributed by atoms with Gasteiger partial charge in [-0.05, 0) is 19.3 Å². The molecule has 5 heteroatoms. The van der Waals surface area contributed by atoms with Crippen LogP contribution in [0.4, 0.5) is 4.79 Å². The van der Waals surface area contributed by atoms with E-state index < -0.39 is 12.0 Å². The van der Waals surface area contributed by atoms with Gasteiger partial charge in [-0.25, -0.2) is 4.79 Å². The van der Waals surface area contributed by atoms with E-state index in [0.717, 1.165) is 25.9 Å². The van der Waals surface area contributed by atoms with Crippen molar-refractivity contribution >= 4 is 12.0 Å². The lowest BCUT2D eigenvalue weighted by atomic mass is 10.1. The minimum atomic E-state index is -1.01. The molecule has 1 saturated heterocycles. The van der Waals surface area contributed by atoms with E-state index in [-0.39, 0.29) is 6.03 Å². The van der Waals surface area contributed by atoms with Gasteiger partial charge in [-0.3, -0.25) is 4.79 Å². The summed E-state index contributed by atoms with van der Waals surface area (Å²) in [5.74, 6) is -0.439. The summed E-state index contributed by atoms with van der Waals surface area (Å²) in [6, 6.07) is -1.08. The van der Waals surface area contributed by atoms with Crippen LogP contribution in [0.2, 0.25) is 0 Å². The molecule has 2 N–H and O–H groups in total. The Morgan fingerprint density at radius 2 is 2.27 bits per heavy atom. The predicted molar refractivity (Wildman–Crippen MR) is 55.6 cm³/mol. The molecule has 0 aromatic carbocycles. The van der Waals surface area contributed by atoms with E-state index in [0.29, 0.717) is 5.92 Å². The van der Waals surface area contributed by atoms with Crippen molar-refractivity contribution in [2.45, 2.75) is 32.7 Å². The van der Waals surface area contributed by atoms with Gasteiger partial charge in [0, 0.05) is 13.1 Å². The first-order chi connectivity index (χ1) is 7.04. The average Bonchev–Trinajstić information content (AvgIpc) is 2.65. The number of hydrogen-bond donors (Lipinski definition) is 2. The fourth-order valence-corrected chi connectivity index (χ4v) is 1.69. The van der Waals surface area contributed by atoms with Crippen LogP contribution in [0.15, 0.2) is 0 Å². The zero-order valence-corrected chi connectivity index (χ0v) is 9.19. The minimum absolute atomic E-state index is 0.263. The molecule has 0 aliphatic carbocycles. The summed E-state index contributed by atoms with van der Waals surface area (Å²) in [6.45, 7) is 5.05. The molecule has 86 valence electrons. The molecule has 1 heterocycles. The second-order valence-corrected chi connectivity index (χ2v) is 4.02. The Hall–Kier alpha value is -1.26. The summed E-state index contributed by atoms with van der Waals surface area (Å²) in [5, 5.41) is 11.1. The highest BCUT2D eigenvalue weighted by Gasteiger charge is 2.26. The zero-order chi connectivity index (χ0) is 11.4. The molecule has 5 nitrogen and oxygen atoms in total. The fourth-order valence-electron chi connectivity index (χ4n) is 1.69. The van der Waals surface area contributed by atoms with Gasteiger partial charge in [0.1, 0.15) is 6.04 Å². The second-order valence-electron chi connectivity index (χ2n) is 4.02. The first-order valence-electron chi connectivity index (χ1n) is 5.32. The summed E-state index contributed by atoms with van der Waals surface area (Å²) in [7, 11) is 0. The van der Waals surface area contributed by atoms with E-state index in [1.54, 1.807) is 4.90 Å². The van der Waals surface area contributed by atoms with Gasteiger partial charge in [0.05, 0.1) is 0 Å². The van der Waals surface area contributed by atoms with Crippen LogP contribution in [0.1, 0.15) is 26.7 Å². The summed E-state index contributed by atoms with van der Waals surface area (Å²) in [6.07, 6.45) is 2.09. The van der Waals surface area contributed by atoms with Gasteiger partial charge >= 0.3 is 12.0 Å². The lowest BCUT2D eigenvalue weighted by Gasteiger charge is -2.18. The highest BCUT2D eigenvalue weighted by Crippen LogP contribution is 2.18. The smallest absolute Gasteiger partial charge is 0.325 e. The number of amides is 2. The third-order valence-electron chi connectivity index (χ3n) is 2.86. The highest BCUT2D eigenvalue weighted by molar-refractivity contribution is 5.82. The summed E-state index contributed by atoms with van der Waals surface area (Å²) in [4.78, 5) is 23.8. The Kier molecular flexibility index (Phi) is 3.94. The number of carbonyl (C=O) groups is 2. The maximum absolute atomic E-state index is 11.6. The molecule has 2 amide bonds. The van der Waals surface area contributed by atoms with Gasteiger partial charge in [0.2, 0.25) is 0 Å². The number of urea groups is 1. The fraction of sp³-hybridized carbons (Fsp3) is 0.800. The first kappa shape index (κ1) is 11.8. The third-order valence-corrected chi connectivity index (χ3v) is 2.86. The minimum Gasteiger partial charge on any atom is -0.480 e. The molecule has 0 radical (unpaired) electrons. The number of carbonyl (C=O) groups excluding carboxylic acids is 1. The van der Waals surface area contributed by atoms with Crippen LogP contribution >= 0.6 is 0 Å². The zero-order valence-electron chi connectivity index (χ0n) is 9.19. The number of rotatable bonds is 3. The standard InChI is InChI=1S/C10H18N2O3/c1-3-8-4-5-12(6-8)10(15)11-7(2)9(13)14/h7-8H,3-6H2,1-2H3,(H,11,15)(H,13,14). The van der Waals surface area contributed by atoms with Crippen molar-refractivity contribution in [2.24, 2.45) is 5.92 Å². The van der Waals surface area contributed by atoms with Crippen molar-refractivity contribution < 1.29 is 14.7 Å². The van der Waals surface area contributed by atoms with Gasteiger partial charge in [-0.15, -0.1) is 0 Å². The van der Waals surface area contributed by atoms with Crippen molar-refractivity contribution in [2.75, 3.05) is 13.1 Å². The number of hydrogen-bond acceptors (Lipinski definition) is 2. The maximum atomic E-state index is 11.6. The Labute approximate surface area is 89.4 Å². The summed E-state index contributed by atoms with van der Waals surface area (Å²) in [5.41, 5.74) is 0. The molecule has 2 unspecified atom stereocenters. The van der Waals surface area contributed by atoms with Crippen LogP contribution < -0.4 is 5.32 Å². The molecular formula is C10H18N2O3. The number of carboxylic acid groups (broad SMARTS) is 1. The number of carboxylic acids is 1. The molecular weight excluding hydrogens is 196 g/mol. The molecule has 15 heavy (non-hydrogen) atoms. The van der Waals surface area contributed by atoms with Crippen LogP contribution in [-0.4, -0.2) is 41.1 Å². The van der Waals surface area contributed by atoms with Crippen molar-refractivity contribution in [1.82, 2.24) is 10.2 Å². The van der Waals surface area contributed by atoms with Gasteiger partial charge < -0.3 is 15.3 Å². The van der Waals surface area contributed by atoms with E-state index in [9.17, 15) is 9.59 Å². The Morgan fingerprint density at radius 1 is 1.60 bits per heavy atom. The van der Waals surface area contributed by atoms with E-state index in [1.807, 2.05) is 0 Å². The molecule has 1 fully saturated rings. The first-order valence-corrected chi connectivity index (χ1v) is 5.32. The van der Waals surface area contributed by atoms with Crippen molar-refractivity contribution in [3.05, 3.63) is 0 Å². The van der Waals surface area contributed by atoms with E-state index >= 15 is 0 Å². The predicted octanol–water partition coefficient (Wildman–Crippen LogP) is 0.901. The molecule has 2 atom stereocenters. The average molecular weight is 214 g/mol. The molecule has 0 aromatic heterocycles. The summed E-state index contributed by atoms with van der Waals surface area (Å²) >= 11 is 0. The Bertz CT molecular complexity index is 255. The number of nitrogens with zero attached hydrogens (tertiary/aromatic N) is 1. The number of aliphatic carboxylic acids is 1. The van der Waals surface area contributed by atoms with Crippen LogP contribution in [0, 0.1) is 5.92 Å². The lowest BCUT2D eigenvalue weighted by Crippen LogP contribution is -2.45. The molecule has 0 spiro atoms. The van der Waals surface area contributed by atoms with Crippen LogP contribution in [-0.2, 0) is 4.79 Å². The quantitative estimate of drug-likeness (QED) is 0.733. The van der Waals surface area contributed by atoms with Gasteiger partial charge in [0.25, 0.3) is 0 Å². The molecule has 1 rings (SSSR count). The second kappa shape index (κ2) is 5.00. The highest BCUT2D eigenvalue weighted by atomic mass is 16.4. The maximum Gasteiger partial charge on any atom is 0.325 e. The van der Waals surface area contributed by atoms with Gasteiger partial charge in [-0.2, -0.15) is 0 Å². The third kappa shape index (κ3) is 3.11. The molecule has 0 aromatic rings. The van der Waals surface area contributed by atoms with Crippen LogP contribution in [0.3, 0.4) is 0 Å². The lowest BCUT2D eigenvalue weighted by molar-refractivity contribution is -0.138. The Morgan fingerprint density at radius 3 is 2.73 bits per heavy atom. The van der Waals surface area contributed by atoms with E-state index in [4.69, 9.17) is 5.11 Å². The van der Waals surface area contributed by atoms with E-state index in [1.165, 1.54) is 6.92 Å². The molecule has 0 bridgehead atoms.